The van der Waals surface area contributed by atoms with E-state index in [1.54, 1.807) is 4.68 Å². The lowest BCUT2D eigenvalue weighted by Gasteiger charge is -2.15. The summed E-state index contributed by atoms with van der Waals surface area (Å²) in [4.78, 5) is 4.18. The molecule has 0 aliphatic carbocycles. The van der Waals surface area contributed by atoms with Gasteiger partial charge in [0.05, 0.1) is 12.2 Å². The quantitative estimate of drug-likeness (QED) is 0.605. The zero-order valence-corrected chi connectivity index (χ0v) is 10.1. The average Bonchev–Trinajstić information content (AvgIpc) is 2.72. The molecule has 0 bridgehead atoms. The van der Waals surface area contributed by atoms with Gasteiger partial charge in [-0.3, -0.25) is 20.9 Å². The first-order valence-electron chi connectivity index (χ1n) is 5.54. The number of aromatic nitrogens is 3. The van der Waals surface area contributed by atoms with Crippen LogP contribution in [0.1, 0.15) is 22.7 Å². The van der Waals surface area contributed by atoms with E-state index in [1.807, 2.05) is 38.8 Å². The summed E-state index contributed by atoms with van der Waals surface area (Å²) in [6, 6.07) is 2.15. The van der Waals surface area contributed by atoms with Crippen molar-refractivity contribution in [3.63, 3.8) is 0 Å². The van der Waals surface area contributed by atoms with Gasteiger partial charge in [-0.15, -0.1) is 0 Å². The van der Waals surface area contributed by atoms with Crippen LogP contribution in [0.5, 0.6) is 0 Å². The van der Waals surface area contributed by atoms with E-state index in [0.29, 0.717) is 0 Å². The Morgan fingerprint density at radius 1 is 1.41 bits per heavy atom. The second-order valence-corrected chi connectivity index (χ2v) is 4.24. The smallest absolute Gasteiger partial charge is 0.0522 e. The predicted molar refractivity (Wildman–Crippen MR) is 66.0 cm³/mol. The summed E-state index contributed by atoms with van der Waals surface area (Å²) in [5, 5.41) is 4.15. The maximum absolute atomic E-state index is 5.60. The molecule has 0 amide bonds. The van der Waals surface area contributed by atoms with Crippen LogP contribution in [0.4, 0.5) is 0 Å². The molecule has 17 heavy (non-hydrogen) atoms. The molecule has 2 aromatic rings. The zero-order valence-electron chi connectivity index (χ0n) is 10.1. The Bertz CT molecular complexity index is 491. The van der Waals surface area contributed by atoms with Gasteiger partial charge in [-0.25, -0.2) is 0 Å². The van der Waals surface area contributed by atoms with Crippen molar-refractivity contribution in [3.8, 4) is 0 Å². The summed E-state index contributed by atoms with van der Waals surface area (Å²) in [6.07, 6.45) is 8.33. The van der Waals surface area contributed by atoms with Gasteiger partial charge < -0.3 is 0 Å². The molecular weight excluding hydrogens is 214 g/mol. The Morgan fingerprint density at radius 3 is 2.82 bits per heavy atom. The highest BCUT2D eigenvalue weighted by atomic mass is 15.2. The highest BCUT2D eigenvalue weighted by molar-refractivity contribution is 5.22. The number of aryl methyl sites for hydroxylation is 2. The van der Waals surface area contributed by atoms with Crippen molar-refractivity contribution in [2.24, 2.45) is 12.9 Å². The van der Waals surface area contributed by atoms with Crippen LogP contribution in [-0.2, 0) is 13.5 Å². The highest BCUT2D eigenvalue weighted by Gasteiger charge is 2.12. The Balaban J connectivity index is 2.16. The molecule has 0 aliphatic heterocycles. The zero-order chi connectivity index (χ0) is 12.3. The summed E-state index contributed by atoms with van der Waals surface area (Å²) in [6.45, 7) is 2.02. The SMILES string of the molecule is Cc1cncc(C(Cc2cnn(C)c2)NN)c1. The van der Waals surface area contributed by atoms with Crippen molar-refractivity contribution in [2.45, 2.75) is 19.4 Å². The Labute approximate surface area is 101 Å². The Morgan fingerprint density at radius 2 is 2.24 bits per heavy atom. The number of rotatable bonds is 4. The van der Waals surface area contributed by atoms with Crippen molar-refractivity contribution in [1.82, 2.24) is 20.2 Å². The fourth-order valence-electron chi connectivity index (χ4n) is 1.85. The molecule has 2 heterocycles. The number of nitrogens with two attached hydrogens (primary N) is 1. The van der Waals surface area contributed by atoms with Gasteiger partial charge >= 0.3 is 0 Å². The van der Waals surface area contributed by atoms with Crippen LogP contribution in [0.2, 0.25) is 0 Å². The van der Waals surface area contributed by atoms with E-state index in [0.717, 1.165) is 23.1 Å². The average molecular weight is 231 g/mol. The van der Waals surface area contributed by atoms with Gasteiger partial charge in [-0.1, -0.05) is 6.07 Å². The van der Waals surface area contributed by atoms with Crippen LogP contribution in [0.3, 0.4) is 0 Å². The minimum Gasteiger partial charge on any atom is -0.276 e. The summed E-state index contributed by atoms with van der Waals surface area (Å²) in [5.41, 5.74) is 6.20. The lowest BCUT2D eigenvalue weighted by molar-refractivity contribution is 0.549. The molecule has 3 N–H and O–H groups in total. The van der Waals surface area contributed by atoms with E-state index in [9.17, 15) is 0 Å². The van der Waals surface area contributed by atoms with Gasteiger partial charge in [0.2, 0.25) is 0 Å². The third-order valence-electron chi connectivity index (χ3n) is 2.70. The number of hydrogen-bond acceptors (Lipinski definition) is 4. The second kappa shape index (κ2) is 5.07. The van der Waals surface area contributed by atoms with E-state index in [4.69, 9.17) is 5.84 Å². The minimum atomic E-state index is 0.0617. The van der Waals surface area contributed by atoms with Crippen molar-refractivity contribution >= 4 is 0 Å². The van der Waals surface area contributed by atoms with Crippen LogP contribution < -0.4 is 11.3 Å². The topological polar surface area (TPSA) is 68.8 Å². The molecule has 2 aromatic heterocycles. The molecule has 5 heteroatoms. The minimum absolute atomic E-state index is 0.0617. The number of pyridine rings is 1. The molecule has 2 rings (SSSR count). The van der Waals surface area contributed by atoms with Crippen LogP contribution in [0.25, 0.3) is 0 Å². The number of hydrazine groups is 1. The summed E-state index contributed by atoms with van der Waals surface area (Å²) in [7, 11) is 1.91. The van der Waals surface area contributed by atoms with Crippen LogP contribution in [0.15, 0.2) is 30.9 Å². The molecule has 0 aromatic carbocycles. The monoisotopic (exact) mass is 231 g/mol. The van der Waals surface area contributed by atoms with E-state index in [1.165, 1.54) is 0 Å². The third-order valence-corrected chi connectivity index (χ3v) is 2.70. The van der Waals surface area contributed by atoms with Crippen LogP contribution in [-0.4, -0.2) is 14.8 Å². The fraction of sp³-hybridized carbons (Fsp3) is 0.333. The van der Waals surface area contributed by atoms with E-state index < -0.39 is 0 Å². The molecule has 0 saturated carbocycles. The predicted octanol–water partition coefficient (Wildman–Crippen LogP) is 0.871. The first-order chi connectivity index (χ1) is 8.19. The Hall–Kier alpha value is -1.72. The standard InChI is InChI=1S/C12H17N5/c1-9-3-11(7-14-5-9)12(16-13)4-10-6-15-17(2)8-10/h3,5-8,12,16H,4,13H2,1-2H3. The molecule has 0 radical (unpaired) electrons. The van der Waals surface area contributed by atoms with Gasteiger partial charge in [0.1, 0.15) is 0 Å². The van der Waals surface area contributed by atoms with Gasteiger partial charge in [-0.05, 0) is 30.0 Å². The highest BCUT2D eigenvalue weighted by Crippen LogP contribution is 2.17. The summed E-state index contributed by atoms with van der Waals surface area (Å²) >= 11 is 0. The molecule has 0 spiro atoms. The molecule has 0 fully saturated rings. The first-order valence-corrected chi connectivity index (χ1v) is 5.54. The van der Waals surface area contributed by atoms with E-state index >= 15 is 0 Å². The van der Waals surface area contributed by atoms with Gasteiger partial charge in [-0.2, -0.15) is 5.10 Å². The molecule has 1 atom stereocenters. The molecule has 0 aliphatic rings. The lowest BCUT2D eigenvalue weighted by Crippen LogP contribution is -2.29. The van der Waals surface area contributed by atoms with Gasteiger partial charge in [0, 0.05) is 25.6 Å². The number of nitrogens with one attached hydrogen (secondary N) is 1. The maximum atomic E-state index is 5.60. The molecule has 90 valence electrons. The van der Waals surface area contributed by atoms with Crippen molar-refractivity contribution in [2.75, 3.05) is 0 Å². The lowest BCUT2D eigenvalue weighted by atomic mass is 10.0. The van der Waals surface area contributed by atoms with Gasteiger partial charge in [0.25, 0.3) is 0 Å². The van der Waals surface area contributed by atoms with Crippen LogP contribution >= 0.6 is 0 Å². The summed E-state index contributed by atoms with van der Waals surface area (Å²) in [5.74, 6) is 5.60. The van der Waals surface area contributed by atoms with Crippen molar-refractivity contribution in [3.05, 3.63) is 47.5 Å². The van der Waals surface area contributed by atoms with Gasteiger partial charge in [0.15, 0.2) is 0 Å². The first kappa shape index (κ1) is 11.8. The Kier molecular flexibility index (Phi) is 3.51. The van der Waals surface area contributed by atoms with Crippen LogP contribution in [0, 0.1) is 6.92 Å². The fourth-order valence-corrected chi connectivity index (χ4v) is 1.85. The molecule has 1 unspecified atom stereocenters. The number of nitrogens with zero attached hydrogens (tertiary/aromatic N) is 3. The largest absolute Gasteiger partial charge is 0.276 e. The third kappa shape index (κ3) is 2.89. The molecular formula is C12H17N5. The van der Waals surface area contributed by atoms with E-state index in [2.05, 4.69) is 21.6 Å². The molecule has 0 saturated heterocycles. The van der Waals surface area contributed by atoms with Crippen molar-refractivity contribution in [1.29, 1.82) is 0 Å². The van der Waals surface area contributed by atoms with Crippen molar-refractivity contribution < 1.29 is 0 Å². The molecule has 5 nitrogen and oxygen atoms in total. The summed E-state index contributed by atoms with van der Waals surface area (Å²) < 4.78 is 1.79. The number of hydrogen-bond donors (Lipinski definition) is 2. The second-order valence-electron chi connectivity index (χ2n) is 4.24. The maximum Gasteiger partial charge on any atom is 0.0522 e. The normalized spacial score (nSPS) is 12.6. The van der Waals surface area contributed by atoms with E-state index in [-0.39, 0.29) is 6.04 Å².